The van der Waals surface area contributed by atoms with Crippen LogP contribution in [0, 0.1) is 10.8 Å². The summed E-state index contributed by atoms with van der Waals surface area (Å²) < 4.78 is 22.9. The van der Waals surface area contributed by atoms with Crippen LogP contribution in [-0.4, -0.2) is 20.7 Å². The third-order valence-corrected chi connectivity index (χ3v) is 5.88. The molecule has 1 aliphatic carbocycles. The van der Waals surface area contributed by atoms with Crippen molar-refractivity contribution in [3.63, 3.8) is 0 Å². The molecule has 1 fully saturated rings. The van der Waals surface area contributed by atoms with Crippen LogP contribution in [0.2, 0.25) is 0 Å². The van der Waals surface area contributed by atoms with Crippen molar-refractivity contribution in [3.05, 3.63) is 18.2 Å². The molecule has 0 amide bonds. The molecule has 4 nitrogen and oxygen atoms in total. The van der Waals surface area contributed by atoms with Gasteiger partial charge in [0.1, 0.15) is 0 Å². The standard InChI is InChI=1S/C14H22N2O2S/c1-13(2)12(14(13,3)4)16-11-7-6-9(8-10(11)15)19(5,17)18/h6-8,12,16H,15H2,1-5H3. The van der Waals surface area contributed by atoms with E-state index in [0.717, 1.165) is 5.69 Å². The minimum absolute atomic E-state index is 0.203. The normalized spacial score (nSPS) is 21.1. The SMILES string of the molecule is CC1(C)C(Nc2ccc(S(C)(=O)=O)cc2N)C1(C)C. The summed E-state index contributed by atoms with van der Waals surface area (Å²) >= 11 is 0. The summed E-state index contributed by atoms with van der Waals surface area (Å²) in [5.74, 6) is 0. The molecule has 0 atom stereocenters. The molecule has 5 heteroatoms. The van der Waals surface area contributed by atoms with Gasteiger partial charge in [0, 0.05) is 12.3 Å². The molecule has 0 spiro atoms. The Kier molecular flexibility index (Phi) is 2.90. The van der Waals surface area contributed by atoms with Crippen LogP contribution in [0.1, 0.15) is 27.7 Å². The molecule has 106 valence electrons. The first-order valence-electron chi connectivity index (χ1n) is 6.34. The fourth-order valence-electron chi connectivity index (χ4n) is 2.62. The number of sulfone groups is 1. The van der Waals surface area contributed by atoms with Gasteiger partial charge in [0.2, 0.25) is 0 Å². The summed E-state index contributed by atoms with van der Waals surface area (Å²) in [4.78, 5) is 0.255. The van der Waals surface area contributed by atoms with E-state index in [1.807, 2.05) is 0 Å². The van der Waals surface area contributed by atoms with Crippen molar-refractivity contribution in [1.82, 2.24) is 0 Å². The van der Waals surface area contributed by atoms with Crippen LogP contribution >= 0.6 is 0 Å². The van der Waals surface area contributed by atoms with Crippen LogP contribution in [-0.2, 0) is 9.84 Å². The predicted molar refractivity (Wildman–Crippen MR) is 78.9 cm³/mol. The molecule has 3 N–H and O–H groups in total. The molecule has 0 saturated heterocycles. The van der Waals surface area contributed by atoms with E-state index in [0.29, 0.717) is 11.7 Å². The Hall–Kier alpha value is -1.23. The van der Waals surface area contributed by atoms with Crippen molar-refractivity contribution in [1.29, 1.82) is 0 Å². The van der Waals surface area contributed by atoms with Crippen LogP contribution < -0.4 is 11.1 Å². The van der Waals surface area contributed by atoms with E-state index in [1.165, 1.54) is 12.3 Å². The number of nitrogens with two attached hydrogens (primary N) is 1. The van der Waals surface area contributed by atoms with Gasteiger partial charge in [-0.05, 0) is 29.0 Å². The first kappa shape index (κ1) is 14.2. The minimum Gasteiger partial charge on any atom is -0.397 e. The maximum Gasteiger partial charge on any atom is 0.175 e. The van der Waals surface area contributed by atoms with Crippen molar-refractivity contribution in [2.45, 2.75) is 38.6 Å². The number of nitrogen functional groups attached to an aromatic ring is 1. The topological polar surface area (TPSA) is 72.2 Å². The van der Waals surface area contributed by atoms with Crippen LogP contribution in [0.3, 0.4) is 0 Å². The van der Waals surface area contributed by atoms with Crippen LogP contribution in [0.5, 0.6) is 0 Å². The molecule has 1 saturated carbocycles. The molecule has 2 rings (SSSR count). The second-order valence-electron chi connectivity index (χ2n) is 6.54. The van der Waals surface area contributed by atoms with E-state index in [-0.39, 0.29) is 15.7 Å². The van der Waals surface area contributed by atoms with E-state index < -0.39 is 9.84 Å². The summed E-state index contributed by atoms with van der Waals surface area (Å²) in [5.41, 5.74) is 7.63. The van der Waals surface area contributed by atoms with Gasteiger partial charge in [0.05, 0.1) is 16.3 Å². The maximum absolute atomic E-state index is 11.5. The largest absolute Gasteiger partial charge is 0.397 e. The summed E-state index contributed by atoms with van der Waals surface area (Å²) in [5, 5.41) is 3.42. The van der Waals surface area contributed by atoms with E-state index in [2.05, 4.69) is 33.0 Å². The van der Waals surface area contributed by atoms with Gasteiger partial charge >= 0.3 is 0 Å². The van der Waals surface area contributed by atoms with Crippen molar-refractivity contribution in [2.75, 3.05) is 17.3 Å². The molecular weight excluding hydrogens is 260 g/mol. The lowest BCUT2D eigenvalue weighted by atomic mass is 10.0. The third-order valence-electron chi connectivity index (χ3n) is 4.77. The first-order chi connectivity index (χ1) is 8.48. The highest BCUT2D eigenvalue weighted by Crippen LogP contribution is 2.63. The number of benzene rings is 1. The second kappa shape index (κ2) is 3.88. The van der Waals surface area contributed by atoms with Crippen molar-refractivity contribution in [2.24, 2.45) is 10.8 Å². The van der Waals surface area contributed by atoms with E-state index in [4.69, 9.17) is 5.73 Å². The molecule has 0 radical (unpaired) electrons. The third kappa shape index (κ3) is 2.20. The number of nitrogens with one attached hydrogen (secondary N) is 1. The number of hydrogen-bond donors (Lipinski definition) is 2. The van der Waals surface area contributed by atoms with Crippen molar-refractivity contribution in [3.8, 4) is 0 Å². The zero-order valence-electron chi connectivity index (χ0n) is 12.1. The Morgan fingerprint density at radius 2 is 1.68 bits per heavy atom. The molecular formula is C14H22N2O2S. The molecule has 19 heavy (non-hydrogen) atoms. The average Bonchev–Trinajstić information content (AvgIpc) is 2.61. The second-order valence-corrected chi connectivity index (χ2v) is 8.56. The lowest BCUT2D eigenvalue weighted by Crippen LogP contribution is -2.12. The fraction of sp³-hybridized carbons (Fsp3) is 0.571. The smallest absolute Gasteiger partial charge is 0.175 e. The van der Waals surface area contributed by atoms with Gasteiger partial charge in [-0.25, -0.2) is 8.42 Å². The Morgan fingerprint density at radius 1 is 1.16 bits per heavy atom. The van der Waals surface area contributed by atoms with Crippen LogP contribution in [0.4, 0.5) is 11.4 Å². The van der Waals surface area contributed by atoms with Crippen LogP contribution in [0.25, 0.3) is 0 Å². The van der Waals surface area contributed by atoms with E-state index >= 15 is 0 Å². The lowest BCUT2D eigenvalue weighted by molar-refractivity contribution is 0.457. The molecule has 0 heterocycles. The molecule has 0 bridgehead atoms. The van der Waals surface area contributed by atoms with Gasteiger partial charge in [0.15, 0.2) is 9.84 Å². The maximum atomic E-state index is 11.5. The van der Waals surface area contributed by atoms with Crippen molar-refractivity contribution >= 4 is 21.2 Å². The van der Waals surface area contributed by atoms with Gasteiger partial charge in [-0.3, -0.25) is 0 Å². The lowest BCUT2D eigenvalue weighted by Gasteiger charge is -2.12. The van der Waals surface area contributed by atoms with Gasteiger partial charge in [-0.15, -0.1) is 0 Å². The van der Waals surface area contributed by atoms with E-state index in [9.17, 15) is 8.42 Å². The van der Waals surface area contributed by atoms with Crippen LogP contribution in [0.15, 0.2) is 23.1 Å². The Morgan fingerprint density at radius 3 is 2.05 bits per heavy atom. The summed E-state index contributed by atoms with van der Waals surface area (Å²) in [6.07, 6.45) is 1.18. The average molecular weight is 282 g/mol. The zero-order chi connectivity index (χ0) is 14.6. The number of anilines is 2. The highest BCUT2D eigenvalue weighted by molar-refractivity contribution is 7.90. The summed E-state index contributed by atoms with van der Waals surface area (Å²) in [7, 11) is -3.21. The highest BCUT2D eigenvalue weighted by Gasteiger charge is 2.64. The minimum atomic E-state index is -3.21. The quantitative estimate of drug-likeness (QED) is 0.836. The molecule has 1 aromatic rings. The number of hydrogen-bond acceptors (Lipinski definition) is 4. The van der Waals surface area contributed by atoms with Gasteiger partial charge in [-0.1, -0.05) is 27.7 Å². The Labute approximate surface area is 115 Å². The fourth-order valence-corrected chi connectivity index (χ4v) is 3.27. The molecule has 1 aliphatic rings. The monoisotopic (exact) mass is 282 g/mol. The van der Waals surface area contributed by atoms with Gasteiger partial charge in [-0.2, -0.15) is 0 Å². The summed E-state index contributed by atoms with van der Waals surface area (Å²) in [6.45, 7) is 8.86. The summed E-state index contributed by atoms with van der Waals surface area (Å²) in [6, 6.07) is 5.19. The molecule has 1 aromatic carbocycles. The Balaban J connectivity index is 2.25. The molecule has 0 unspecified atom stereocenters. The first-order valence-corrected chi connectivity index (χ1v) is 8.23. The molecule has 0 aliphatic heterocycles. The van der Waals surface area contributed by atoms with Gasteiger partial charge < -0.3 is 11.1 Å². The predicted octanol–water partition coefficient (Wildman–Crippen LogP) is 2.52. The molecule has 0 aromatic heterocycles. The zero-order valence-corrected chi connectivity index (χ0v) is 12.9. The van der Waals surface area contributed by atoms with Gasteiger partial charge in [0.25, 0.3) is 0 Å². The van der Waals surface area contributed by atoms with Crippen molar-refractivity contribution < 1.29 is 8.42 Å². The van der Waals surface area contributed by atoms with E-state index in [1.54, 1.807) is 12.1 Å². The number of rotatable bonds is 3. The highest BCUT2D eigenvalue weighted by atomic mass is 32.2. The Bertz CT molecular complexity index is 604.